The molecule has 0 aliphatic carbocycles. The lowest BCUT2D eigenvalue weighted by molar-refractivity contribution is 0.751. The van der Waals surface area contributed by atoms with Crippen LogP contribution >= 0.6 is 0 Å². The van der Waals surface area contributed by atoms with Crippen molar-refractivity contribution in [1.29, 1.82) is 0 Å². The summed E-state index contributed by atoms with van der Waals surface area (Å²) in [6.07, 6.45) is 4.58. The van der Waals surface area contributed by atoms with Crippen LogP contribution in [0.4, 0.5) is 0 Å². The van der Waals surface area contributed by atoms with Gasteiger partial charge >= 0.3 is 0 Å². The average molecular weight is 110 g/mol. The maximum Gasteiger partial charge on any atom is 0.0451 e. The van der Waals surface area contributed by atoms with Crippen molar-refractivity contribution in [2.45, 2.75) is 13.3 Å². The van der Waals surface area contributed by atoms with Gasteiger partial charge in [0.2, 0.25) is 0 Å². The summed E-state index contributed by atoms with van der Waals surface area (Å²) in [5.74, 6) is 0.528. The minimum Gasteiger partial charge on any atom is -0.401 e. The maximum absolute atomic E-state index is 5.47. The van der Waals surface area contributed by atoms with Crippen LogP contribution in [0.25, 0.3) is 0 Å². The molecule has 0 aromatic rings. The van der Waals surface area contributed by atoms with Crippen molar-refractivity contribution in [1.82, 2.24) is 0 Å². The molecule has 8 heavy (non-hydrogen) atoms. The van der Waals surface area contributed by atoms with Crippen molar-refractivity contribution >= 4 is 6.21 Å². The van der Waals surface area contributed by atoms with Crippen LogP contribution in [0.5, 0.6) is 0 Å². The Morgan fingerprint density at radius 1 is 1.88 bits per heavy atom. The largest absolute Gasteiger partial charge is 0.401 e. The van der Waals surface area contributed by atoms with Gasteiger partial charge in [-0.25, -0.2) is 0 Å². The topological polar surface area (TPSA) is 38.4 Å². The van der Waals surface area contributed by atoms with E-state index in [0.29, 0.717) is 5.92 Å². The molecule has 2 N–H and O–H groups in total. The summed E-state index contributed by atoms with van der Waals surface area (Å²) in [6.45, 7) is 2.10. The lowest BCUT2D eigenvalue weighted by Crippen LogP contribution is -2.07. The summed E-state index contributed by atoms with van der Waals surface area (Å²) < 4.78 is 0. The van der Waals surface area contributed by atoms with E-state index in [9.17, 15) is 0 Å². The molecule has 0 saturated heterocycles. The highest BCUT2D eigenvalue weighted by atomic mass is 14.7. The molecular weight excluding hydrogens is 100 g/mol. The van der Waals surface area contributed by atoms with E-state index in [4.69, 9.17) is 5.73 Å². The van der Waals surface area contributed by atoms with E-state index in [1.54, 1.807) is 6.20 Å². The molecule has 2 nitrogen and oxygen atoms in total. The molecule has 0 fully saturated rings. The molecule has 1 heterocycles. The van der Waals surface area contributed by atoms with E-state index in [1.165, 1.54) is 0 Å². The van der Waals surface area contributed by atoms with E-state index in [2.05, 4.69) is 11.9 Å². The van der Waals surface area contributed by atoms with Gasteiger partial charge in [-0.1, -0.05) is 6.92 Å². The Morgan fingerprint density at radius 2 is 2.62 bits per heavy atom. The zero-order chi connectivity index (χ0) is 5.98. The molecule has 0 amide bonds. The molecule has 44 valence electrons. The quantitative estimate of drug-likeness (QED) is 0.494. The maximum atomic E-state index is 5.47. The van der Waals surface area contributed by atoms with E-state index < -0.39 is 0 Å². The minimum absolute atomic E-state index is 0.528. The van der Waals surface area contributed by atoms with Gasteiger partial charge in [0.25, 0.3) is 0 Å². The van der Waals surface area contributed by atoms with E-state index >= 15 is 0 Å². The van der Waals surface area contributed by atoms with E-state index in [1.807, 2.05) is 6.21 Å². The van der Waals surface area contributed by atoms with Crippen molar-refractivity contribution in [2.75, 3.05) is 0 Å². The van der Waals surface area contributed by atoms with Crippen LogP contribution in [-0.2, 0) is 0 Å². The third-order valence-corrected chi connectivity index (χ3v) is 1.14. The predicted octanol–water partition coefficient (Wildman–Crippen LogP) is 0.897. The normalized spacial score (nSPS) is 27.6. The Bertz CT molecular complexity index is 135. The van der Waals surface area contributed by atoms with Crippen molar-refractivity contribution in [3.63, 3.8) is 0 Å². The molecule has 1 aliphatic rings. The zero-order valence-corrected chi connectivity index (χ0v) is 4.96. The lowest BCUT2D eigenvalue weighted by Gasteiger charge is -2.07. The molecular formula is C6H10N2. The first-order valence-corrected chi connectivity index (χ1v) is 2.77. The Morgan fingerprint density at radius 3 is 3.00 bits per heavy atom. The number of allylic oxidation sites excluding steroid dienone is 1. The first-order valence-electron chi connectivity index (χ1n) is 2.77. The van der Waals surface area contributed by atoms with Crippen LogP contribution in [-0.4, -0.2) is 6.21 Å². The van der Waals surface area contributed by atoms with Crippen molar-refractivity contribution in [2.24, 2.45) is 16.6 Å². The number of aliphatic imine (C=N–C) groups is 1. The molecule has 0 bridgehead atoms. The van der Waals surface area contributed by atoms with Crippen LogP contribution in [0.3, 0.4) is 0 Å². The fourth-order valence-corrected chi connectivity index (χ4v) is 0.763. The highest BCUT2D eigenvalue weighted by molar-refractivity contribution is 5.62. The smallest absolute Gasteiger partial charge is 0.0451 e. The van der Waals surface area contributed by atoms with Crippen LogP contribution in [0, 0.1) is 5.92 Å². The molecule has 0 aromatic carbocycles. The van der Waals surface area contributed by atoms with Gasteiger partial charge in [0, 0.05) is 18.1 Å². The number of nitrogens with zero attached hydrogens (tertiary/aromatic N) is 1. The third-order valence-electron chi connectivity index (χ3n) is 1.14. The van der Waals surface area contributed by atoms with Crippen molar-refractivity contribution in [3.05, 3.63) is 11.9 Å². The predicted molar refractivity (Wildman–Crippen MR) is 34.5 cm³/mol. The Balaban J connectivity index is 2.59. The van der Waals surface area contributed by atoms with Gasteiger partial charge in [0.1, 0.15) is 0 Å². The van der Waals surface area contributed by atoms with Crippen LogP contribution in [0.15, 0.2) is 16.9 Å². The zero-order valence-electron chi connectivity index (χ0n) is 4.96. The second-order valence-electron chi connectivity index (χ2n) is 2.18. The van der Waals surface area contributed by atoms with Gasteiger partial charge in [0.05, 0.1) is 0 Å². The Hall–Kier alpha value is -0.790. The molecule has 1 rings (SSSR count). The Kier molecular flexibility index (Phi) is 1.33. The summed E-state index contributed by atoms with van der Waals surface area (Å²) in [7, 11) is 0. The van der Waals surface area contributed by atoms with Gasteiger partial charge in [-0.05, 0) is 12.3 Å². The van der Waals surface area contributed by atoms with Crippen molar-refractivity contribution < 1.29 is 0 Å². The number of rotatable bonds is 0. The molecule has 1 atom stereocenters. The average Bonchev–Trinajstić information content (AvgIpc) is 1.64. The van der Waals surface area contributed by atoms with Gasteiger partial charge in [-0.15, -0.1) is 0 Å². The highest BCUT2D eigenvalue weighted by Crippen LogP contribution is 2.08. The van der Waals surface area contributed by atoms with Crippen LogP contribution < -0.4 is 5.73 Å². The standard InChI is InChI=1S/C6H10N2/c1-5-2-6(7)4-8-3-5/h3-5H,2,7H2,1H3. The van der Waals surface area contributed by atoms with Crippen LogP contribution in [0.1, 0.15) is 13.3 Å². The molecule has 0 aromatic heterocycles. The molecule has 2 heteroatoms. The summed E-state index contributed by atoms with van der Waals surface area (Å²) in [4.78, 5) is 3.93. The Labute approximate surface area is 49.1 Å². The van der Waals surface area contributed by atoms with Gasteiger partial charge in [-0.2, -0.15) is 0 Å². The van der Waals surface area contributed by atoms with Gasteiger partial charge < -0.3 is 5.73 Å². The lowest BCUT2D eigenvalue weighted by atomic mass is 10.1. The summed E-state index contributed by atoms with van der Waals surface area (Å²) >= 11 is 0. The third kappa shape index (κ3) is 1.09. The van der Waals surface area contributed by atoms with E-state index in [-0.39, 0.29) is 0 Å². The molecule has 1 unspecified atom stereocenters. The first-order chi connectivity index (χ1) is 3.79. The second kappa shape index (κ2) is 1.99. The fraction of sp³-hybridized carbons (Fsp3) is 0.500. The summed E-state index contributed by atoms with van der Waals surface area (Å²) in [5, 5.41) is 0. The number of nitrogens with two attached hydrogens (primary N) is 1. The molecule has 1 aliphatic heterocycles. The molecule has 0 spiro atoms. The van der Waals surface area contributed by atoms with Gasteiger partial charge in [-0.3, -0.25) is 4.99 Å². The number of hydrogen-bond donors (Lipinski definition) is 1. The van der Waals surface area contributed by atoms with Gasteiger partial charge in [0.15, 0.2) is 0 Å². The van der Waals surface area contributed by atoms with Crippen molar-refractivity contribution in [3.8, 4) is 0 Å². The minimum atomic E-state index is 0.528. The monoisotopic (exact) mass is 110 g/mol. The van der Waals surface area contributed by atoms with E-state index in [0.717, 1.165) is 12.1 Å². The highest BCUT2D eigenvalue weighted by Gasteiger charge is 2.02. The summed E-state index contributed by atoms with van der Waals surface area (Å²) in [5.41, 5.74) is 6.36. The SMILES string of the molecule is CC1C=NC=C(N)C1. The second-order valence-corrected chi connectivity index (χ2v) is 2.18. The van der Waals surface area contributed by atoms with Crippen LogP contribution in [0.2, 0.25) is 0 Å². The molecule has 0 saturated carbocycles. The first kappa shape index (κ1) is 5.35. The molecule has 0 radical (unpaired) electrons. The summed E-state index contributed by atoms with van der Waals surface area (Å²) in [6, 6.07) is 0. The fourth-order valence-electron chi connectivity index (χ4n) is 0.763. The number of hydrogen-bond acceptors (Lipinski definition) is 2.